The lowest BCUT2D eigenvalue weighted by atomic mass is 10.3. The van der Waals surface area contributed by atoms with E-state index in [9.17, 15) is 4.79 Å². The number of aromatic carboxylic acids is 1. The summed E-state index contributed by atoms with van der Waals surface area (Å²) in [5, 5.41) is 13.3. The molecule has 0 aromatic carbocycles. The summed E-state index contributed by atoms with van der Waals surface area (Å²) in [4.78, 5) is 14.9. The Balaban J connectivity index is 2.31. The predicted octanol–water partition coefficient (Wildman–Crippen LogP) is 3.00. The number of carbonyl (C=O) groups is 1. The van der Waals surface area contributed by atoms with Crippen LogP contribution in [0.25, 0.3) is 0 Å². The average Bonchev–Trinajstić information content (AvgIpc) is 2.77. The van der Waals surface area contributed by atoms with Crippen molar-refractivity contribution in [2.75, 3.05) is 0 Å². The Labute approximate surface area is 114 Å². The van der Waals surface area contributed by atoms with Gasteiger partial charge in [0.05, 0.1) is 12.4 Å². The summed E-state index contributed by atoms with van der Waals surface area (Å²) in [5.41, 5.74) is -0.0540. The fourth-order valence-electron chi connectivity index (χ4n) is 1.43. The molecule has 0 fully saturated rings. The van der Waals surface area contributed by atoms with Gasteiger partial charge in [-0.25, -0.2) is 9.78 Å². The van der Waals surface area contributed by atoms with E-state index in [1.807, 2.05) is 13.8 Å². The normalized spacial score (nSPS) is 10.7. The molecule has 2 rings (SSSR count). The van der Waals surface area contributed by atoms with Crippen LogP contribution >= 0.6 is 11.6 Å². The zero-order valence-corrected chi connectivity index (χ0v) is 11.1. The molecule has 0 saturated heterocycles. The van der Waals surface area contributed by atoms with E-state index >= 15 is 0 Å². The highest BCUT2D eigenvalue weighted by atomic mass is 35.5. The van der Waals surface area contributed by atoms with Crippen LogP contribution in [0.4, 0.5) is 0 Å². The summed E-state index contributed by atoms with van der Waals surface area (Å²) in [7, 11) is 0. The maximum absolute atomic E-state index is 11.1. The van der Waals surface area contributed by atoms with Crippen LogP contribution in [0.2, 0.25) is 5.15 Å². The molecule has 6 nitrogen and oxygen atoms in total. The smallest absolute Gasteiger partial charge is 0.341 e. The molecule has 7 heteroatoms. The highest BCUT2D eigenvalue weighted by Crippen LogP contribution is 2.25. The van der Waals surface area contributed by atoms with Crippen molar-refractivity contribution in [2.24, 2.45) is 0 Å². The molecule has 100 valence electrons. The Morgan fingerprint density at radius 2 is 2.21 bits per heavy atom. The number of halogens is 1. The predicted molar refractivity (Wildman–Crippen MR) is 68.9 cm³/mol. The molecule has 0 radical (unpaired) electrons. The van der Waals surface area contributed by atoms with E-state index in [1.165, 1.54) is 18.3 Å². The summed E-state index contributed by atoms with van der Waals surface area (Å²) >= 11 is 5.74. The van der Waals surface area contributed by atoms with Crippen molar-refractivity contribution >= 4 is 17.6 Å². The van der Waals surface area contributed by atoms with Crippen LogP contribution in [0.3, 0.4) is 0 Å². The number of rotatable bonds is 4. The van der Waals surface area contributed by atoms with Gasteiger partial charge in [0.2, 0.25) is 5.88 Å². The highest BCUT2D eigenvalue weighted by molar-refractivity contribution is 6.29. The van der Waals surface area contributed by atoms with E-state index in [0.717, 1.165) is 0 Å². The molecule has 0 atom stereocenters. The quantitative estimate of drug-likeness (QED) is 0.872. The van der Waals surface area contributed by atoms with Gasteiger partial charge in [-0.3, -0.25) is 4.68 Å². The molecule has 2 heterocycles. The molecule has 2 aromatic heterocycles. The molecule has 0 aliphatic rings. The lowest BCUT2D eigenvalue weighted by Crippen LogP contribution is -2.02. The Morgan fingerprint density at radius 1 is 1.47 bits per heavy atom. The molecule has 0 spiro atoms. The summed E-state index contributed by atoms with van der Waals surface area (Å²) < 4.78 is 7.12. The number of nitrogens with zero attached hydrogens (tertiary/aromatic N) is 3. The van der Waals surface area contributed by atoms with Crippen molar-refractivity contribution in [3.63, 3.8) is 0 Å². The van der Waals surface area contributed by atoms with Crippen LogP contribution in [0, 0.1) is 0 Å². The largest absolute Gasteiger partial charge is 0.477 e. The van der Waals surface area contributed by atoms with Crippen LogP contribution in [0.15, 0.2) is 24.5 Å². The second kappa shape index (κ2) is 5.27. The lowest BCUT2D eigenvalue weighted by Gasteiger charge is -2.06. The molecular formula is C12H12ClN3O3. The molecule has 1 N–H and O–H groups in total. The van der Waals surface area contributed by atoms with Crippen LogP contribution in [0.5, 0.6) is 11.6 Å². The average molecular weight is 282 g/mol. The van der Waals surface area contributed by atoms with Gasteiger partial charge in [-0.1, -0.05) is 11.6 Å². The monoisotopic (exact) mass is 281 g/mol. The van der Waals surface area contributed by atoms with E-state index in [-0.39, 0.29) is 22.6 Å². The third-order valence-electron chi connectivity index (χ3n) is 2.38. The second-order valence-corrected chi connectivity index (χ2v) is 4.53. The molecule has 2 aromatic rings. The third kappa shape index (κ3) is 3.03. The zero-order valence-electron chi connectivity index (χ0n) is 10.4. The number of carboxylic acids is 1. The van der Waals surface area contributed by atoms with Gasteiger partial charge in [-0.2, -0.15) is 5.10 Å². The first-order valence-electron chi connectivity index (χ1n) is 5.59. The van der Waals surface area contributed by atoms with Gasteiger partial charge in [0.1, 0.15) is 10.7 Å². The van der Waals surface area contributed by atoms with Gasteiger partial charge in [0.25, 0.3) is 0 Å². The Hall–Kier alpha value is -2.08. The van der Waals surface area contributed by atoms with Crippen LogP contribution in [-0.2, 0) is 0 Å². The number of hydrogen-bond acceptors (Lipinski definition) is 4. The summed E-state index contributed by atoms with van der Waals surface area (Å²) in [6, 6.07) is 2.93. The van der Waals surface area contributed by atoms with Gasteiger partial charge in [0.15, 0.2) is 5.75 Å². The third-order valence-corrected chi connectivity index (χ3v) is 2.59. The Morgan fingerprint density at radius 3 is 2.79 bits per heavy atom. The molecule has 0 aliphatic heterocycles. The molecule has 0 amide bonds. The second-order valence-electron chi connectivity index (χ2n) is 4.14. The first-order valence-corrected chi connectivity index (χ1v) is 5.97. The van der Waals surface area contributed by atoms with E-state index < -0.39 is 5.97 Å². The number of aromatic nitrogens is 3. The standard InChI is InChI=1S/C12H12ClN3O3/c1-7(2)16-6-8(5-14-16)19-11-9(12(17)18)3-4-10(13)15-11/h3-7H,1-2H3,(H,17,18). The van der Waals surface area contributed by atoms with Crippen LogP contribution in [-0.4, -0.2) is 25.8 Å². The first kappa shape index (κ1) is 13.4. The Kier molecular flexibility index (Phi) is 3.71. The summed E-state index contributed by atoms with van der Waals surface area (Å²) in [6.07, 6.45) is 3.16. The Bertz CT molecular complexity index is 610. The van der Waals surface area contributed by atoms with E-state index in [2.05, 4.69) is 10.1 Å². The van der Waals surface area contributed by atoms with Crippen LogP contribution in [0.1, 0.15) is 30.2 Å². The van der Waals surface area contributed by atoms with Gasteiger partial charge in [0, 0.05) is 6.04 Å². The van der Waals surface area contributed by atoms with Crippen molar-refractivity contribution < 1.29 is 14.6 Å². The number of hydrogen-bond donors (Lipinski definition) is 1. The molecule has 0 bridgehead atoms. The van der Waals surface area contributed by atoms with Crippen molar-refractivity contribution in [1.29, 1.82) is 0 Å². The lowest BCUT2D eigenvalue weighted by molar-refractivity contribution is 0.0693. The summed E-state index contributed by atoms with van der Waals surface area (Å²) in [5.74, 6) is -0.773. The van der Waals surface area contributed by atoms with Gasteiger partial charge >= 0.3 is 5.97 Å². The van der Waals surface area contributed by atoms with Gasteiger partial charge in [-0.15, -0.1) is 0 Å². The fourth-order valence-corrected chi connectivity index (χ4v) is 1.57. The van der Waals surface area contributed by atoms with Gasteiger partial charge in [-0.05, 0) is 26.0 Å². The molecule has 0 saturated carbocycles. The summed E-state index contributed by atoms with van der Waals surface area (Å²) in [6.45, 7) is 3.94. The zero-order chi connectivity index (χ0) is 14.0. The fraction of sp³-hybridized carbons (Fsp3) is 0.250. The van der Waals surface area contributed by atoms with E-state index in [1.54, 1.807) is 10.9 Å². The maximum Gasteiger partial charge on any atom is 0.341 e. The number of pyridine rings is 1. The minimum Gasteiger partial charge on any atom is -0.477 e. The van der Waals surface area contributed by atoms with Crippen molar-refractivity contribution in [2.45, 2.75) is 19.9 Å². The SMILES string of the molecule is CC(C)n1cc(Oc2nc(Cl)ccc2C(=O)O)cn1. The highest BCUT2D eigenvalue weighted by Gasteiger charge is 2.15. The van der Waals surface area contributed by atoms with E-state index in [4.69, 9.17) is 21.4 Å². The van der Waals surface area contributed by atoms with Crippen molar-refractivity contribution in [3.8, 4) is 11.6 Å². The maximum atomic E-state index is 11.1. The first-order chi connectivity index (χ1) is 8.97. The molecule has 19 heavy (non-hydrogen) atoms. The van der Waals surface area contributed by atoms with Crippen molar-refractivity contribution in [1.82, 2.24) is 14.8 Å². The van der Waals surface area contributed by atoms with E-state index in [0.29, 0.717) is 5.75 Å². The minimum absolute atomic E-state index is 0.0525. The minimum atomic E-state index is -1.13. The topological polar surface area (TPSA) is 77.2 Å². The van der Waals surface area contributed by atoms with Gasteiger partial charge < -0.3 is 9.84 Å². The number of carboxylic acid groups (broad SMARTS) is 1. The molecule has 0 aliphatic carbocycles. The van der Waals surface area contributed by atoms with Crippen molar-refractivity contribution in [3.05, 3.63) is 35.2 Å². The van der Waals surface area contributed by atoms with Crippen LogP contribution < -0.4 is 4.74 Å². The molecular weight excluding hydrogens is 270 g/mol. The molecule has 0 unspecified atom stereocenters. The number of ether oxygens (including phenoxy) is 1.